The van der Waals surface area contributed by atoms with E-state index in [1.165, 1.54) is 25.7 Å². The van der Waals surface area contributed by atoms with Crippen LogP contribution in [-0.4, -0.2) is 47.9 Å². The molecule has 2 atom stereocenters. The van der Waals surface area contributed by atoms with Gasteiger partial charge in [-0.1, -0.05) is 25.8 Å². The van der Waals surface area contributed by atoms with E-state index in [2.05, 4.69) is 11.8 Å². The van der Waals surface area contributed by atoms with Gasteiger partial charge in [0.25, 0.3) is 5.91 Å². The molecule has 2 aliphatic rings. The summed E-state index contributed by atoms with van der Waals surface area (Å²) in [6.45, 7) is 6.26. The number of nitrogens with zero attached hydrogens (tertiary/aromatic N) is 2. The molecule has 0 spiro atoms. The highest BCUT2D eigenvalue weighted by atomic mass is 32.1. The van der Waals surface area contributed by atoms with Gasteiger partial charge in [-0.25, -0.2) is 0 Å². The van der Waals surface area contributed by atoms with Crippen molar-refractivity contribution >= 4 is 17.2 Å². The molecule has 1 saturated carbocycles. The number of rotatable bonds is 2. The van der Waals surface area contributed by atoms with E-state index >= 15 is 0 Å². The summed E-state index contributed by atoms with van der Waals surface area (Å²) in [6, 6.07) is 4.65. The Bertz CT molecular complexity index is 437. The van der Waals surface area contributed by atoms with E-state index in [0.29, 0.717) is 0 Å². The molecule has 0 bridgehead atoms. The Morgan fingerprint density at radius 1 is 1.25 bits per heavy atom. The van der Waals surface area contributed by atoms with Crippen LogP contribution in [0.2, 0.25) is 0 Å². The van der Waals surface area contributed by atoms with Gasteiger partial charge in [-0.3, -0.25) is 9.69 Å². The standard InChI is InChI=1S/C16H24N2OS/c1-13-4-2-5-14(12-13)17-7-9-18(10-8-17)16(19)15-6-3-11-20-15/h3,6,11,13-14H,2,4-5,7-10,12H2,1H3/t13-,14-/m0/s1. The largest absolute Gasteiger partial charge is 0.335 e. The first-order valence-corrected chi connectivity index (χ1v) is 8.69. The molecular weight excluding hydrogens is 268 g/mol. The zero-order valence-electron chi connectivity index (χ0n) is 12.3. The maximum atomic E-state index is 12.3. The highest BCUT2D eigenvalue weighted by molar-refractivity contribution is 7.12. The first-order valence-electron chi connectivity index (χ1n) is 7.81. The molecule has 1 aromatic heterocycles. The van der Waals surface area contributed by atoms with Gasteiger partial charge in [0.05, 0.1) is 4.88 Å². The quantitative estimate of drug-likeness (QED) is 0.836. The fraction of sp³-hybridized carbons (Fsp3) is 0.688. The molecule has 0 N–H and O–H groups in total. The van der Waals surface area contributed by atoms with Crippen LogP contribution in [0.4, 0.5) is 0 Å². The lowest BCUT2D eigenvalue weighted by Gasteiger charge is -2.41. The normalized spacial score (nSPS) is 28.6. The molecule has 0 unspecified atom stereocenters. The van der Waals surface area contributed by atoms with Crippen molar-refractivity contribution in [3.63, 3.8) is 0 Å². The topological polar surface area (TPSA) is 23.6 Å². The van der Waals surface area contributed by atoms with Crippen LogP contribution in [-0.2, 0) is 0 Å². The highest BCUT2D eigenvalue weighted by Crippen LogP contribution is 2.28. The predicted molar refractivity (Wildman–Crippen MR) is 83.2 cm³/mol. The summed E-state index contributed by atoms with van der Waals surface area (Å²) in [5.74, 6) is 1.09. The third kappa shape index (κ3) is 3.07. The Labute approximate surface area is 125 Å². The summed E-state index contributed by atoms with van der Waals surface area (Å²) in [6.07, 6.45) is 5.47. The maximum absolute atomic E-state index is 12.3. The molecule has 2 fully saturated rings. The number of hydrogen-bond acceptors (Lipinski definition) is 3. The molecule has 1 aromatic rings. The zero-order valence-corrected chi connectivity index (χ0v) is 13.1. The molecule has 1 aliphatic heterocycles. The number of carbonyl (C=O) groups excluding carboxylic acids is 1. The van der Waals surface area contributed by atoms with Crippen LogP contribution < -0.4 is 0 Å². The minimum absolute atomic E-state index is 0.219. The molecule has 3 nitrogen and oxygen atoms in total. The van der Waals surface area contributed by atoms with E-state index in [4.69, 9.17) is 0 Å². The molecule has 0 aromatic carbocycles. The molecule has 3 rings (SSSR count). The van der Waals surface area contributed by atoms with E-state index < -0.39 is 0 Å². The van der Waals surface area contributed by atoms with Crippen molar-refractivity contribution in [2.24, 2.45) is 5.92 Å². The van der Waals surface area contributed by atoms with Crippen LogP contribution in [0, 0.1) is 5.92 Å². The van der Waals surface area contributed by atoms with Gasteiger partial charge < -0.3 is 4.90 Å². The van der Waals surface area contributed by atoms with Gasteiger partial charge in [0.1, 0.15) is 0 Å². The first kappa shape index (κ1) is 14.1. The van der Waals surface area contributed by atoms with Crippen molar-refractivity contribution < 1.29 is 4.79 Å². The Morgan fingerprint density at radius 2 is 2.05 bits per heavy atom. The SMILES string of the molecule is C[C@H]1CCC[C@H](N2CCN(C(=O)c3cccs3)CC2)C1. The van der Waals surface area contributed by atoms with Crippen molar-refractivity contribution in [3.8, 4) is 0 Å². The third-order valence-electron chi connectivity index (χ3n) is 4.76. The van der Waals surface area contributed by atoms with E-state index in [0.717, 1.165) is 43.0 Å². The molecule has 20 heavy (non-hydrogen) atoms. The summed E-state index contributed by atoms with van der Waals surface area (Å²) >= 11 is 1.55. The van der Waals surface area contributed by atoms with Crippen LogP contribution in [0.25, 0.3) is 0 Å². The lowest BCUT2D eigenvalue weighted by molar-refractivity contribution is 0.0493. The van der Waals surface area contributed by atoms with Gasteiger partial charge in [-0.05, 0) is 30.2 Å². The number of amides is 1. The van der Waals surface area contributed by atoms with Crippen molar-refractivity contribution in [1.82, 2.24) is 9.80 Å². The summed E-state index contributed by atoms with van der Waals surface area (Å²) in [5, 5.41) is 1.98. The zero-order chi connectivity index (χ0) is 13.9. The Hall–Kier alpha value is -0.870. The molecule has 110 valence electrons. The van der Waals surface area contributed by atoms with Gasteiger partial charge in [0, 0.05) is 32.2 Å². The summed E-state index contributed by atoms with van der Waals surface area (Å²) in [7, 11) is 0. The van der Waals surface area contributed by atoms with E-state index in [1.807, 2.05) is 22.4 Å². The minimum atomic E-state index is 0.219. The second-order valence-electron chi connectivity index (χ2n) is 6.23. The van der Waals surface area contributed by atoms with E-state index in [-0.39, 0.29) is 5.91 Å². The summed E-state index contributed by atoms with van der Waals surface area (Å²) in [5.41, 5.74) is 0. The van der Waals surface area contributed by atoms with Gasteiger partial charge >= 0.3 is 0 Å². The Kier molecular flexibility index (Phi) is 4.41. The lowest BCUT2D eigenvalue weighted by atomic mass is 9.86. The van der Waals surface area contributed by atoms with Crippen LogP contribution >= 0.6 is 11.3 Å². The number of hydrogen-bond donors (Lipinski definition) is 0. The fourth-order valence-corrected chi connectivity index (χ4v) is 4.27. The highest BCUT2D eigenvalue weighted by Gasteiger charge is 2.29. The summed E-state index contributed by atoms with van der Waals surface area (Å²) in [4.78, 5) is 17.8. The molecule has 2 heterocycles. The van der Waals surface area contributed by atoms with Crippen molar-refractivity contribution in [2.75, 3.05) is 26.2 Å². The smallest absolute Gasteiger partial charge is 0.264 e. The van der Waals surface area contributed by atoms with Crippen LogP contribution in [0.1, 0.15) is 42.3 Å². The van der Waals surface area contributed by atoms with Crippen LogP contribution in [0.3, 0.4) is 0 Å². The summed E-state index contributed by atoms with van der Waals surface area (Å²) < 4.78 is 0. The lowest BCUT2D eigenvalue weighted by Crippen LogP contribution is -2.52. The second-order valence-corrected chi connectivity index (χ2v) is 7.18. The molecule has 1 saturated heterocycles. The third-order valence-corrected chi connectivity index (χ3v) is 5.62. The van der Waals surface area contributed by atoms with Crippen LogP contribution in [0.5, 0.6) is 0 Å². The van der Waals surface area contributed by atoms with Crippen LogP contribution in [0.15, 0.2) is 17.5 Å². The number of piperazine rings is 1. The first-order chi connectivity index (χ1) is 9.74. The van der Waals surface area contributed by atoms with Crippen molar-refractivity contribution in [1.29, 1.82) is 0 Å². The average Bonchev–Trinajstić information content (AvgIpc) is 3.01. The fourth-order valence-electron chi connectivity index (χ4n) is 3.58. The number of carbonyl (C=O) groups is 1. The van der Waals surface area contributed by atoms with Gasteiger partial charge in [0.15, 0.2) is 0 Å². The molecule has 1 amide bonds. The van der Waals surface area contributed by atoms with Gasteiger partial charge in [-0.2, -0.15) is 0 Å². The minimum Gasteiger partial charge on any atom is -0.335 e. The molecule has 1 aliphatic carbocycles. The maximum Gasteiger partial charge on any atom is 0.264 e. The Balaban J connectivity index is 1.53. The molecular formula is C16H24N2OS. The van der Waals surface area contributed by atoms with Crippen molar-refractivity contribution in [3.05, 3.63) is 22.4 Å². The molecule has 0 radical (unpaired) electrons. The second kappa shape index (κ2) is 6.27. The van der Waals surface area contributed by atoms with Crippen molar-refractivity contribution in [2.45, 2.75) is 38.6 Å². The Morgan fingerprint density at radius 3 is 2.70 bits per heavy atom. The van der Waals surface area contributed by atoms with Gasteiger partial charge in [-0.15, -0.1) is 11.3 Å². The van der Waals surface area contributed by atoms with Gasteiger partial charge in [0.2, 0.25) is 0 Å². The average molecular weight is 292 g/mol. The monoisotopic (exact) mass is 292 g/mol. The van der Waals surface area contributed by atoms with E-state index in [9.17, 15) is 4.79 Å². The van der Waals surface area contributed by atoms with E-state index in [1.54, 1.807) is 11.3 Å². The predicted octanol–water partition coefficient (Wildman–Crippen LogP) is 3.08. The molecule has 4 heteroatoms. The number of thiophene rings is 1.